The highest BCUT2D eigenvalue weighted by Gasteiger charge is 2.17. The van der Waals surface area contributed by atoms with Crippen LogP contribution in [0.1, 0.15) is 28.4 Å². The molecule has 1 atom stereocenters. The molecular weight excluding hydrogens is 226 g/mol. The Morgan fingerprint density at radius 2 is 1.94 bits per heavy atom. The van der Waals surface area contributed by atoms with E-state index in [1.807, 2.05) is 32.0 Å². The summed E-state index contributed by atoms with van der Waals surface area (Å²) in [6.45, 7) is 4.01. The smallest absolute Gasteiger partial charge is 0.143 e. The molecule has 3 nitrogen and oxygen atoms in total. The second kappa shape index (κ2) is 5.19. The monoisotopic (exact) mass is 243 g/mol. The summed E-state index contributed by atoms with van der Waals surface area (Å²) in [6.07, 6.45) is 2.58. The van der Waals surface area contributed by atoms with Gasteiger partial charge in [0.05, 0.1) is 13.3 Å². The Hall–Kier alpha value is -1.87. The number of methoxy groups -OCH3 is 1. The van der Waals surface area contributed by atoms with E-state index in [0.29, 0.717) is 5.75 Å². The second-order valence-corrected chi connectivity index (χ2v) is 4.38. The Kier molecular flexibility index (Phi) is 3.63. The fraction of sp³-hybridized carbons (Fsp3) is 0.267. The number of ether oxygens (including phenoxy) is 1. The standard InChI is InChI=1S/C15H17NO2/c1-10-4-5-11(2)13(8-10)15(17)12-6-7-16-9-14(12)18-3/h4-9,15,17H,1-3H3. The van der Waals surface area contributed by atoms with Crippen LogP contribution < -0.4 is 4.74 Å². The molecular formula is C15H17NO2. The predicted octanol–water partition coefficient (Wildman–Crippen LogP) is 2.79. The maximum absolute atomic E-state index is 10.5. The van der Waals surface area contributed by atoms with Gasteiger partial charge in [0.25, 0.3) is 0 Å². The van der Waals surface area contributed by atoms with Crippen LogP contribution in [0.5, 0.6) is 5.75 Å². The van der Waals surface area contributed by atoms with Gasteiger partial charge in [-0.1, -0.05) is 23.8 Å². The van der Waals surface area contributed by atoms with E-state index >= 15 is 0 Å². The van der Waals surface area contributed by atoms with E-state index in [0.717, 1.165) is 22.3 Å². The number of aliphatic hydroxyl groups excluding tert-OH is 1. The average molecular weight is 243 g/mol. The summed E-state index contributed by atoms with van der Waals surface area (Å²) in [5.41, 5.74) is 3.83. The summed E-state index contributed by atoms with van der Waals surface area (Å²) >= 11 is 0. The first kappa shape index (κ1) is 12.6. The van der Waals surface area contributed by atoms with Crippen molar-refractivity contribution in [2.75, 3.05) is 7.11 Å². The van der Waals surface area contributed by atoms with E-state index in [1.165, 1.54) is 0 Å². The third-order valence-corrected chi connectivity index (χ3v) is 3.06. The number of benzene rings is 1. The van der Waals surface area contributed by atoms with Crippen molar-refractivity contribution in [1.29, 1.82) is 0 Å². The van der Waals surface area contributed by atoms with Gasteiger partial charge >= 0.3 is 0 Å². The number of aryl methyl sites for hydroxylation is 2. The van der Waals surface area contributed by atoms with Crippen molar-refractivity contribution < 1.29 is 9.84 Å². The van der Waals surface area contributed by atoms with Gasteiger partial charge in [0.15, 0.2) is 0 Å². The molecule has 0 saturated heterocycles. The summed E-state index contributed by atoms with van der Waals surface area (Å²) in [6, 6.07) is 7.84. The molecule has 1 heterocycles. The molecule has 0 saturated carbocycles. The van der Waals surface area contributed by atoms with Crippen LogP contribution >= 0.6 is 0 Å². The van der Waals surface area contributed by atoms with Crippen molar-refractivity contribution in [3.8, 4) is 5.75 Å². The number of rotatable bonds is 3. The van der Waals surface area contributed by atoms with Crippen LogP contribution in [-0.2, 0) is 0 Å². The molecule has 2 rings (SSSR count). The zero-order chi connectivity index (χ0) is 13.1. The van der Waals surface area contributed by atoms with Crippen molar-refractivity contribution in [3.63, 3.8) is 0 Å². The molecule has 1 aromatic carbocycles. The van der Waals surface area contributed by atoms with Crippen LogP contribution in [0.3, 0.4) is 0 Å². The summed E-state index contributed by atoms with van der Waals surface area (Å²) in [4.78, 5) is 4.00. The minimum atomic E-state index is -0.692. The molecule has 1 unspecified atom stereocenters. The van der Waals surface area contributed by atoms with Crippen molar-refractivity contribution in [2.24, 2.45) is 0 Å². The van der Waals surface area contributed by atoms with E-state index in [9.17, 15) is 5.11 Å². The molecule has 18 heavy (non-hydrogen) atoms. The van der Waals surface area contributed by atoms with E-state index in [4.69, 9.17) is 4.74 Å². The lowest BCUT2D eigenvalue weighted by molar-refractivity contribution is 0.213. The van der Waals surface area contributed by atoms with Crippen LogP contribution in [0.4, 0.5) is 0 Å². The van der Waals surface area contributed by atoms with Gasteiger partial charge < -0.3 is 9.84 Å². The Morgan fingerprint density at radius 3 is 2.67 bits per heavy atom. The molecule has 0 spiro atoms. The highest BCUT2D eigenvalue weighted by molar-refractivity contribution is 5.42. The third kappa shape index (κ3) is 2.36. The largest absolute Gasteiger partial charge is 0.495 e. The molecule has 94 valence electrons. The molecule has 0 amide bonds. The molecule has 0 aliphatic carbocycles. The third-order valence-electron chi connectivity index (χ3n) is 3.06. The molecule has 0 aliphatic rings. The molecule has 1 N–H and O–H groups in total. The fourth-order valence-corrected chi connectivity index (χ4v) is 2.01. The predicted molar refractivity (Wildman–Crippen MR) is 70.8 cm³/mol. The van der Waals surface area contributed by atoms with E-state index < -0.39 is 6.10 Å². The van der Waals surface area contributed by atoms with Crippen LogP contribution in [0.15, 0.2) is 36.7 Å². The Balaban J connectivity index is 2.47. The van der Waals surface area contributed by atoms with Crippen LogP contribution in [0, 0.1) is 13.8 Å². The van der Waals surface area contributed by atoms with Gasteiger partial charge in [-0.3, -0.25) is 4.98 Å². The second-order valence-electron chi connectivity index (χ2n) is 4.38. The number of hydrogen-bond acceptors (Lipinski definition) is 3. The van der Waals surface area contributed by atoms with Gasteiger partial charge in [-0.25, -0.2) is 0 Å². The average Bonchev–Trinajstić information content (AvgIpc) is 2.40. The van der Waals surface area contributed by atoms with Crippen molar-refractivity contribution in [3.05, 3.63) is 58.9 Å². The summed E-state index contributed by atoms with van der Waals surface area (Å²) < 4.78 is 5.24. The van der Waals surface area contributed by atoms with Crippen molar-refractivity contribution in [2.45, 2.75) is 20.0 Å². The SMILES string of the molecule is COc1cnccc1C(O)c1cc(C)ccc1C. The Bertz CT molecular complexity index is 552. The van der Waals surface area contributed by atoms with E-state index in [2.05, 4.69) is 4.98 Å². The van der Waals surface area contributed by atoms with Gasteiger partial charge in [0.1, 0.15) is 11.9 Å². The lowest BCUT2D eigenvalue weighted by Crippen LogP contribution is -2.05. The first-order chi connectivity index (χ1) is 8.63. The number of aliphatic hydroxyl groups is 1. The first-order valence-electron chi connectivity index (χ1n) is 5.86. The molecule has 0 radical (unpaired) electrons. The van der Waals surface area contributed by atoms with Crippen LogP contribution in [0.25, 0.3) is 0 Å². The van der Waals surface area contributed by atoms with Gasteiger partial charge in [-0.15, -0.1) is 0 Å². The molecule has 3 heteroatoms. The maximum Gasteiger partial charge on any atom is 0.143 e. The van der Waals surface area contributed by atoms with Crippen LogP contribution in [-0.4, -0.2) is 17.2 Å². The van der Waals surface area contributed by atoms with Gasteiger partial charge in [-0.05, 0) is 31.0 Å². The topological polar surface area (TPSA) is 42.4 Å². The van der Waals surface area contributed by atoms with Gasteiger partial charge in [-0.2, -0.15) is 0 Å². The zero-order valence-electron chi connectivity index (χ0n) is 10.8. The molecule has 0 aliphatic heterocycles. The number of aromatic nitrogens is 1. The lowest BCUT2D eigenvalue weighted by atomic mass is 9.96. The Labute approximate surface area is 107 Å². The zero-order valence-corrected chi connectivity index (χ0v) is 10.8. The quantitative estimate of drug-likeness (QED) is 0.901. The lowest BCUT2D eigenvalue weighted by Gasteiger charge is -2.17. The van der Waals surface area contributed by atoms with Gasteiger partial charge in [0.2, 0.25) is 0 Å². The molecule has 0 fully saturated rings. The number of hydrogen-bond donors (Lipinski definition) is 1. The maximum atomic E-state index is 10.5. The highest BCUT2D eigenvalue weighted by atomic mass is 16.5. The Morgan fingerprint density at radius 1 is 1.17 bits per heavy atom. The molecule has 2 aromatic rings. The molecule has 1 aromatic heterocycles. The summed E-state index contributed by atoms with van der Waals surface area (Å²) in [7, 11) is 1.58. The summed E-state index contributed by atoms with van der Waals surface area (Å²) in [5, 5.41) is 10.5. The van der Waals surface area contributed by atoms with Crippen molar-refractivity contribution in [1.82, 2.24) is 4.98 Å². The normalized spacial score (nSPS) is 12.2. The highest BCUT2D eigenvalue weighted by Crippen LogP contribution is 2.31. The first-order valence-corrected chi connectivity index (χ1v) is 5.86. The van der Waals surface area contributed by atoms with E-state index in [-0.39, 0.29) is 0 Å². The molecule has 0 bridgehead atoms. The summed E-state index contributed by atoms with van der Waals surface area (Å²) in [5.74, 6) is 0.603. The van der Waals surface area contributed by atoms with E-state index in [1.54, 1.807) is 25.6 Å². The van der Waals surface area contributed by atoms with Crippen LogP contribution in [0.2, 0.25) is 0 Å². The minimum Gasteiger partial charge on any atom is -0.495 e. The fourth-order valence-electron chi connectivity index (χ4n) is 2.01. The van der Waals surface area contributed by atoms with Gasteiger partial charge in [0, 0.05) is 11.8 Å². The number of pyridine rings is 1. The minimum absolute atomic E-state index is 0.603. The van der Waals surface area contributed by atoms with Crippen molar-refractivity contribution >= 4 is 0 Å². The number of nitrogens with zero attached hydrogens (tertiary/aromatic N) is 1.